The summed E-state index contributed by atoms with van der Waals surface area (Å²) in [5.74, 6) is 1.19. The van der Waals surface area contributed by atoms with Gasteiger partial charge in [-0.25, -0.2) is 4.98 Å². The van der Waals surface area contributed by atoms with Gasteiger partial charge in [0, 0.05) is 17.0 Å². The molecule has 0 spiro atoms. The van der Waals surface area contributed by atoms with Crippen LogP contribution in [0.5, 0.6) is 11.6 Å². The van der Waals surface area contributed by atoms with Crippen LogP contribution in [0.25, 0.3) is 33.8 Å². The predicted molar refractivity (Wildman–Crippen MR) is 169 cm³/mol. The van der Waals surface area contributed by atoms with Crippen molar-refractivity contribution < 1.29 is 9.84 Å². The predicted octanol–water partition coefficient (Wildman–Crippen LogP) is 10.1. The molecule has 0 bridgehead atoms. The quantitative estimate of drug-likeness (QED) is 0.159. The molecule has 0 saturated heterocycles. The van der Waals surface area contributed by atoms with Crippen molar-refractivity contribution in [1.82, 2.24) is 9.97 Å². The Balaban J connectivity index is 1.35. The van der Waals surface area contributed by atoms with Crippen LogP contribution >= 0.6 is 0 Å². The van der Waals surface area contributed by atoms with Gasteiger partial charge in [0.25, 0.3) is 0 Å². The first kappa shape index (κ1) is 28.9. The zero-order valence-corrected chi connectivity index (χ0v) is 25.0. The molecule has 3 aromatic carbocycles. The van der Waals surface area contributed by atoms with Crippen molar-refractivity contribution in [2.24, 2.45) is 0 Å². The molecule has 1 N–H and O–H groups in total. The molecule has 41 heavy (non-hydrogen) atoms. The number of para-hydroxylation sites is 1. The van der Waals surface area contributed by atoms with Gasteiger partial charge in [0.15, 0.2) is 5.82 Å². The van der Waals surface area contributed by atoms with Gasteiger partial charge < -0.3 is 9.84 Å². The number of benzene rings is 3. The maximum absolute atomic E-state index is 10.6. The Labute approximate surface area is 245 Å². The van der Waals surface area contributed by atoms with E-state index < -0.39 is 0 Å². The fourth-order valence-electron chi connectivity index (χ4n) is 6.25. The minimum absolute atomic E-state index is 0.163. The maximum Gasteiger partial charge on any atom is 0.217 e. The van der Waals surface area contributed by atoms with Crippen LogP contribution in [0.4, 0.5) is 0 Å². The van der Waals surface area contributed by atoms with E-state index in [1.165, 1.54) is 73.6 Å². The Bertz CT molecular complexity index is 1460. The number of aromatic hydroxyl groups is 1. The molecule has 1 heterocycles. The molecule has 0 saturated carbocycles. The Kier molecular flexibility index (Phi) is 9.38. The summed E-state index contributed by atoms with van der Waals surface area (Å²) >= 11 is 0. The SMILES string of the molecule is CCCCCCCCCCCCOc1cc(-c2cccc3c2C(C)(C)c2ccccc2-3)nc(-c2ccccc2O)n1. The van der Waals surface area contributed by atoms with Crippen molar-refractivity contribution in [2.45, 2.75) is 90.4 Å². The van der Waals surface area contributed by atoms with Crippen molar-refractivity contribution in [3.05, 3.63) is 83.9 Å². The third-order valence-electron chi connectivity index (χ3n) is 8.45. The molecule has 0 fully saturated rings. The highest BCUT2D eigenvalue weighted by Gasteiger charge is 2.37. The van der Waals surface area contributed by atoms with Gasteiger partial charge in [0.2, 0.25) is 5.88 Å². The molecule has 5 rings (SSSR count). The molecular weight excluding hydrogens is 504 g/mol. The Morgan fingerprint density at radius 1 is 0.659 bits per heavy atom. The standard InChI is InChI=1S/C37H44N2O2/c1-4-5-6-7-8-9-10-11-12-17-25-41-34-26-32(38-36(39-34)30-20-14-16-24-33(30)40)29-22-18-21-28-27-19-13-15-23-31(27)37(2,3)35(28)29/h13-16,18-24,26,40H,4-12,17,25H2,1-3H3. The van der Waals surface area contributed by atoms with Gasteiger partial charge in [0.1, 0.15) is 5.75 Å². The van der Waals surface area contributed by atoms with Gasteiger partial charge in [-0.05, 0) is 40.8 Å². The van der Waals surface area contributed by atoms with Crippen LogP contribution in [0.1, 0.15) is 96.1 Å². The van der Waals surface area contributed by atoms with Crippen LogP contribution < -0.4 is 4.74 Å². The van der Waals surface area contributed by atoms with Gasteiger partial charge in [-0.15, -0.1) is 0 Å². The average Bonchev–Trinajstić information content (AvgIpc) is 3.23. The van der Waals surface area contributed by atoms with Gasteiger partial charge in [0.05, 0.1) is 17.9 Å². The minimum atomic E-state index is -0.167. The summed E-state index contributed by atoms with van der Waals surface area (Å²) in [7, 11) is 0. The molecule has 1 aliphatic rings. The lowest BCUT2D eigenvalue weighted by Gasteiger charge is -2.24. The van der Waals surface area contributed by atoms with Crippen LogP contribution in [0.2, 0.25) is 0 Å². The molecule has 4 nitrogen and oxygen atoms in total. The van der Waals surface area contributed by atoms with Crippen molar-refractivity contribution >= 4 is 0 Å². The second kappa shape index (κ2) is 13.3. The van der Waals surface area contributed by atoms with Gasteiger partial charge in [-0.3, -0.25) is 0 Å². The van der Waals surface area contributed by atoms with Crippen LogP contribution in [-0.4, -0.2) is 21.7 Å². The maximum atomic E-state index is 10.6. The number of nitrogens with zero attached hydrogens (tertiary/aromatic N) is 2. The number of hydrogen-bond acceptors (Lipinski definition) is 4. The summed E-state index contributed by atoms with van der Waals surface area (Å²) in [5.41, 5.74) is 7.45. The van der Waals surface area contributed by atoms with Crippen LogP contribution in [-0.2, 0) is 5.41 Å². The van der Waals surface area contributed by atoms with E-state index in [2.05, 4.69) is 63.2 Å². The molecule has 0 aliphatic heterocycles. The fourth-order valence-corrected chi connectivity index (χ4v) is 6.25. The van der Waals surface area contributed by atoms with Crippen molar-refractivity contribution in [2.75, 3.05) is 6.61 Å². The van der Waals surface area contributed by atoms with E-state index in [4.69, 9.17) is 14.7 Å². The van der Waals surface area contributed by atoms with Crippen molar-refractivity contribution in [3.8, 4) is 45.4 Å². The van der Waals surface area contributed by atoms with Crippen molar-refractivity contribution in [1.29, 1.82) is 0 Å². The molecule has 0 radical (unpaired) electrons. The number of ether oxygens (including phenoxy) is 1. The Morgan fingerprint density at radius 3 is 2.00 bits per heavy atom. The number of rotatable bonds is 14. The molecule has 214 valence electrons. The zero-order valence-electron chi connectivity index (χ0n) is 25.0. The number of phenols is 1. The lowest BCUT2D eigenvalue weighted by Crippen LogP contribution is -2.16. The number of aromatic nitrogens is 2. The molecule has 1 aliphatic carbocycles. The summed E-state index contributed by atoms with van der Waals surface area (Å²) in [6.45, 7) is 7.46. The first-order chi connectivity index (χ1) is 20.0. The summed E-state index contributed by atoms with van der Waals surface area (Å²) in [6.07, 6.45) is 12.9. The smallest absolute Gasteiger partial charge is 0.217 e. The van der Waals surface area contributed by atoms with Gasteiger partial charge in [-0.1, -0.05) is 133 Å². The van der Waals surface area contributed by atoms with E-state index in [0.717, 1.165) is 24.1 Å². The van der Waals surface area contributed by atoms with Crippen LogP contribution in [0, 0.1) is 0 Å². The lowest BCUT2D eigenvalue weighted by molar-refractivity contribution is 0.293. The van der Waals surface area contributed by atoms with Gasteiger partial charge in [-0.2, -0.15) is 4.98 Å². The fraction of sp³-hybridized carbons (Fsp3) is 0.405. The second-order valence-electron chi connectivity index (χ2n) is 11.9. The summed E-state index contributed by atoms with van der Waals surface area (Å²) in [4.78, 5) is 9.74. The first-order valence-electron chi connectivity index (χ1n) is 15.5. The highest BCUT2D eigenvalue weighted by molar-refractivity contribution is 5.87. The molecule has 4 heteroatoms. The van der Waals surface area contributed by atoms with E-state index in [9.17, 15) is 5.11 Å². The number of unbranched alkanes of at least 4 members (excludes halogenated alkanes) is 9. The minimum Gasteiger partial charge on any atom is -0.507 e. The molecule has 0 unspecified atom stereocenters. The van der Waals surface area contributed by atoms with E-state index >= 15 is 0 Å². The van der Waals surface area contributed by atoms with E-state index in [1.807, 2.05) is 24.3 Å². The molecular formula is C37H44N2O2. The number of fused-ring (bicyclic) bond motifs is 3. The van der Waals surface area contributed by atoms with E-state index in [0.29, 0.717) is 23.9 Å². The number of phenolic OH excluding ortho intramolecular Hbond substituents is 1. The third kappa shape index (κ3) is 6.48. The largest absolute Gasteiger partial charge is 0.507 e. The lowest BCUT2D eigenvalue weighted by atomic mass is 9.79. The van der Waals surface area contributed by atoms with Crippen molar-refractivity contribution in [3.63, 3.8) is 0 Å². The third-order valence-corrected chi connectivity index (χ3v) is 8.45. The average molecular weight is 549 g/mol. The summed E-state index contributed by atoms with van der Waals surface area (Å²) in [5, 5.41) is 10.6. The second-order valence-corrected chi connectivity index (χ2v) is 11.9. The zero-order chi connectivity index (χ0) is 28.7. The highest BCUT2D eigenvalue weighted by Crippen LogP contribution is 2.52. The van der Waals surface area contributed by atoms with Crippen LogP contribution in [0.3, 0.4) is 0 Å². The van der Waals surface area contributed by atoms with Gasteiger partial charge >= 0.3 is 0 Å². The van der Waals surface area contributed by atoms with E-state index in [-0.39, 0.29) is 11.2 Å². The Morgan fingerprint density at radius 2 is 1.27 bits per heavy atom. The highest BCUT2D eigenvalue weighted by atomic mass is 16.5. The number of hydrogen-bond donors (Lipinski definition) is 1. The van der Waals surface area contributed by atoms with E-state index in [1.54, 1.807) is 6.07 Å². The van der Waals surface area contributed by atoms with Crippen LogP contribution in [0.15, 0.2) is 72.8 Å². The Hall–Kier alpha value is -3.66. The molecule has 0 atom stereocenters. The molecule has 4 aromatic rings. The molecule has 0 amide bonds. The topological polar surface area (TPSA) is 55.2 Å². The summed E-state index contributed by atoms with van der Waals surface area (Å²) < 4.78 is 6.24. The first-order valence-corrected chi connectivity index (χ1v) is 15.5. The summed E-state index contributed by atoms with van der Waals surface area (Å²) in [6, 6.07) is 24.3. The molecule has 1 aromatic heterocycles. The normalized spacial score (nSPS) is 13.1. The monoisotopic (exact) mass is 548 g/mol.